The van der Waals surface area contributed by atoms with Crippen LogP contribution in [0.2, 0.25) is 0 Å². The van der Waals surface area contributed by atoms with Crippen LogP contribution in [0.15, 0.2) is 0 Å². The van der Waals surface area contributed by atoms with Crippen LogP contribution in [-0.2, 0) is 14.3 Å². The Labute approximate surface area is 102 Å². The van der Waals surface area contributed by atoms with Gasteiger partial charge in [-0.05, 0) is 32.6 Å². The Morgan fingerprint density at radius 2 is 1.88 bits per heavy atom. The second-order valence-electron chi connectivity index (χ2n) is 5.00. The second kappa shape index (κ2) is 5.52. The lowest BCUT2D eigenvalue weighted by atomic mass is 9.83. The monoisotopic (exact) mass is 239 g/mol. The number of nitrogens with zero attached hydrogens (tertiary/aromatic N) is 1. The first kappa shape index (κ1) is 12.4. The lowest BCUT2D eigenvalue weighted by Crippen LogP contribution is -2.46. The van der Waals surface area contributed by atoms with Crippen molar-refractivity contribution in [3.05, 3.63) is 0 Å². The summed E-state index contributed by atoms with van der Waals surface area (Å²) in [6, 6.07) is 0. The van der Waals surface area contributed by atoms with Gasteiger partial charge in [0.2, 0.25) is 5.91 Å². The van der Waals surface area contributed by atoms with E-state index < -0.39 is 0 Å². The van der Waals surface area contributed by atoms with Gasteiger partial charge in [-0.25, -0.2) is 0 Å². The van der Waals surface area contributed by atoms with E-state index in [2.05, 4.69) is 0 Å². The molecule has 0 radical (unpaired) electrons. The van der Waals surface area contributed by atoms with Gasteiger partial charge in [0.15, 0.2) is 0 Å². The number of hydrogen-bond acceptors (Lipinski definition) is 3. The van der Waals surface area contributed by atoms with Crippen LogP contribution < -0.4 is 0 Å². The second-order valence-corrected chi connectivity index (χ2v) is 5.00. The minimum absolute atomic E-state index is 0.104. The maximum Gasteiger partial charge on any atom is 0.310 e. The normalized spacial score (nSPS) is 25.2. The molecule has 0 aromatic carbocycles. The van der Waals surface area contributed by atoms with E-state index in [9.17, 15) is 9.59 Å². The van der Waals surface area contributed by atoms with Gasteiger partial charge in [-0.1, -0.05) is 6.42 Å². The zero-order valence-electron chi connectivity index (χ0n) is 10.5. The van der Waals surface area contributed by atoms with E-state index in [1.165, 1.54) is 6.42 Å². The number of carbonyl (C=O) groups is 2. The molecule has 0 bridgehead atoms. The Morgan fingerprint density at radius 3 is 2.47 bits per heavy atom. The minimum Gasteiger partial charge on any atom is -0.466 e. The molecule has 1 aliphatic heterocycles. The number of rotatable bonds is 3. The zero-order valence-corrected chi connectivity index (χ0v) is 10.5. The van der Waals surface area contributed by atoms with Crippen LogP contribution in [0.4, 0.5) is 0 Å². The molecule has 1 heterocycles. The van der Waals surface area contributed by atoms with Gasteiger partial charge in [0.1, 0.15) is 0 Å². The number of likely N-dealkylation sites (tertiary alicyclic amines) is 1. The van der Waals surface area contributed by atoms with Gasteiger partial charge in [0.05, 0.1) is 12.5 Å². The largest absolute Gasteiger partial charge is 0.466 e. The van der Waals surface area contributed by atoms with Gasteiger partial charge in [0.25, 0.3) is 0 Å². The molecule has 2 aliphatic rings. The summed E-state index contributed by atoms with van der Waals surface area (Å²) < 4.78 is 5.03. The molecule has 96 valence electrons. The molecular formula is C13H21NO3. The Hall–Kier alpha value is -1.06. The quantitative estimate of drug-likeness (QED) is 0.703. The highest BCUT2D eigenvalue weighted by atomic mass is 16.5. The van der Waals surface area contributed by atoms with Crippen LogP contribution in [0, 0.1) is 11.8 Å². The van der Waals surface area contributed by atoms with E-state index in [0.29, 0.717) is 13.2 Å². The first-order valence-electron chi connectivity index (χ1n) is 6.67. The number of piperidine rings is 1. The summed E-state index contributed by atoms with van der Waals surface area (Å²) in [5, 5.41) is 0. The summed E-state index contributed by atoms with van der Waals surface area (Å²) in [4.78, 5) is 25.6. The fourth-order valence-electron chi connectivity index (χ4n) is 2.54. The van der Waals surface area contributed by atoms with Crippen molar-refractivity contribution >= 4 is 11.9 Å². The third-order valence-electron chi connectivity index (χ3n) is 3.81. The average molecular weight is 239 g/mol. The highest BCUT2D eigenvalue weighted by Crippen LogP contribution is 2.30. The van der Waals surface area contributed by atoms with Crippen molar-refractivity contribution in [2.75, 3.05) is 19.7 Å². The molecule has 0 spiro atoms. The fourth-order valence-corrected chi connectivity index (χ4v) is 2.54. The molecule has 0 aromatic heterocycles. The average Bonchev–Trinajstić information content (AvgIpc) is 2.27. The van der Waals surface area contributed by atoms with E-state index >= 15 is 0 Å². The Balaban J connectivity index is 1.87. The summed E-state index contributed by atoms with van der Waals surface area (Å²) in [5.41, 5.74) is 0. The maximum absolute atomic E-state index is 12.1. The summed E-state index contributed by atoms with van der Waals surface area (Å²) >= 11 is 0. The molecule has 17 heavy (non-hydrogen) atoms. The molecule has 1 aliphatic carbocycles. The van der Waals surface area contributed by atoms with Crippen molar-refractivity contribution in [2.45, 2.75) is 39.0 Å². The van der Waals surface area contributed by atoms with Crippen molar-refractivity contribution in [3.8, 4) is 0 Å². The van der Waals surface area contributed by atoms with Crippen LogP contribution in [-0.4, -0.2) is 36.5 Å². The van der Waals surface area contributed by atoms with Gasteiger partial charge in [0, 0.05) is 19.0 Å². The number of esters is 1. The molecule has 1 atom stereocenters. The summed E-state index contributed by atoms with van der Waals surface area (Å²) in [7, 11) is 0. The van der Waals surface area contributed by atoms with Crippen LogP contribution in [0.5, 0.6) is 0 Å². The van der Waals surface area contributed by atoms with Crippen molar-refractivity contribution in [1.82, 2.24) is 4.90 Å². The lowest BCUT2D eigenvalue weighted by Gasteiger charge is -2.36. The SMILES string of the molecule is CCOC(=O)[C@@H]1CCCN(C(=O)C2CCC2)C1. The molecule has 0 aromatic rings. The van der Waals surface area contributed by atoms with E-state index in [1.807, 2.05) is 11.8 Å². The molecule has 1 amide bonds. The number of amides is 1. The maximum atomic E-state index is 12.1. The standard InChI is InChI=1S/C13H21NO3/c1-2-17-13(16)11-7-4-8-14(9-11)12(15)10-5-3-6-10/h10-11H,2-9H2,1H3/t11-/m1/s1. The number of carbonyl (C=O) groups excluding carboxylic acids is 2. The van der Waals surface area contributed by atoms with Gasteiger partial charge >= 0.3 is 5.97 Å². The first-order chi connectivity index (χ1) is 8.22. The molecule has 2 rings (SSSR count). The summed E-state index contributed by atoms with van der Waals surface area (Å²) in [6.45, 7) is 3.61. The van der Waals surface area contributed by atoms with Crippen molar-refractivity contribution < 1.29 is 14.3 Å². The van der Waals surface area contributed by atoms with E-state index in [1.54, 1.807) is 0 Å². The van der Waals surface area contributed by atoms with E-state index in [-0.39, 0.29) is 23.7 Å². The summed E-state index contributed by atoms with van der Waals surface area (Å²) in [5.74, 6) is 0.243. The van der Waals surface area contributed by atoms with E-state index in [0.717, 1.165) is 32.2 Å². The van der Waals surface area contributed by atoms with Crippen LogP contribution in [0.3, 0.4) is 0 Å². The van der Waals surface area contributed by atoms with Gasteiger partial charge < -0.3 is 9.64 Å². The molecule has 1 saturated carbocycles. The molecular weight excluding hydrogens is 218 g/mol. The van der Waals surface area contributed by atoms with Crippen LogP contribution >= 0.6 is 0 Å². The Morgan fingerprint density at radius 1 is 1.18 bits per heavy atom. The molecule has 4 nitrogen and oxygen atoms in total. The Kier molecular flexibility index (Phi) is 4.02. The molecule has 0 unspecified atom stereocenters. The van der Waals surface area contributed by atoms with Gasteiger partial charge in [-0.3, -0.25) is 9.59 Å². The highest BCUT2D eigenvalue weighted by Gasteiger charge is 2.34. The van der Waals surface area contributed by atoms with Gasteiger partial charge in [-0.15, -0.1) is 0 Å². The predicted molar refractivity (Wildman–Crippen MR) is 63.3 cm³/mol. The number of hydrogen-bond donors (Lipinski definition) is 0. The van der Waals surface area contributed by atoms with Crippen LogP contribution in [0.1, 0.15) is 39.0 Å². The van der Waals surface area contributed by atoms with Crippen molar-refractivity contribution in [3.63, 3.8) is 0 Å². The number of ether oxygens (including phenoxy) is 1. The molecule has 1 saturated heterocycles. The highest BCUT2D eigenvalue weighted by molar-refractivity contribution is 5.81. The molecule has 0 N–H and O–H groups in total. The Bertz CT molecular complexity index is 299. The van der Waals surface area contributed by atoms with E-state index in [4.69, 9.17) is 4.74 Å². The molecule has 4 heteroatoms. The molecule has 2 fully saturated rings. The predicted octanol–water partition coefficient (Wildman–Crippen LogP) is 1.59. The third kappa shape index (κ3) is 2.79. The first-order valence-corrected chi connectivity index (χ1v) is 6.67. The third-order valence-corrected chi connectivity index (χ3v) is 3.81. The smallest absolute Gasteiger partial charge is 0.310 e. The fraction of sp³-hybridized carbons (Fsp3) is 0.846. The van der Waals surface area contributed by atoms with Gasteiger partial charge in [-0.2, -0.15) is 0 Å². The zero-order chi connectivity index (χ0) is 12.3. The van der Waals surface area contributed by atoms with Crippen molar-refractivity contribution in [2.24, 2.45) is 11.8 Å². The summed E-state index contributed by atoms with van der Waals surface area (Å²) in [6.07, 6.45) is 5.00. The topological polar surface area (TPSA) is 46.6 Å². The van der Waals surface area contributed by atoms with Crippen molar-refractivity contribution in [1.29, 1.82) is 0 Å². The van der Waals surface area contributed by atoms with Crippen LogP contribution in [0.25, 0.3) is 0 Å². The lowest BCUT2D eigenvalue weighted by molar-refractivity contribution is -0.152. The minimum atomic E-state index is -0.140.